The largest absolute Gasteiger partial charge is 0.392 e. The molecule has 2 heteroatoms. The number of allylic oxidation sites excluding steroid dienone is 4. The molecule has 1 aromatic rings. The fourth-order valence-electron chi connectivity index (χ4n) is 2.24. The van der Waals surface area contributed by atoms with E-state index in [1.54, 1.807) is 6.08 Å². The summed E-state index contributed by atoms with van der Waals surface area (Å²) in [5.74, 6) is 0.162. The monoisotopic (exact) mass is 245 g/mol. The summed E-state index contributed by atoms with van der Waals surface area (Å²) in [7, 11) is 0. The average Bonchev–Trinajstić information content (AvgIpc) is 2.38. The van der Waals surface area contributed by atoms with E-state index in [0.29, 0.717) is 17.9 Å². The van der Waals surface area contributed by atoms with Crippen LogP contribution in [0.4, 0.5) is 4.39 Å². The minimum Gasteiger partial charge on any atom is -0.392 e. The second-order valence-corrected chi connectivity index (χ2v) is 4.83. The van der Waals surface area contributed by atoms with Gasteiger partial charge in [-0.15, -0.1) is 0 Å². The van der Waals surface area contributed by atoms with E-state index >= 15 is 0 Å². The Balaban J connectivity index is 2.46. The minimum absolute atomic E-state index is 0.0147. The molecule has 0 aromatic heterocycles. The molecule has 0 heterocycles. The fraction of sp³-hybridized carbons (Fsp3) is 0.312. The molecule has 1 aliphatic rings. The maximum Gasteiger partial charge on any atom is 0.127 e. The van der Waals surface area contributed by atoms with Gasteiger partial charge in [0.15, 0.2) is 0 Å². The molecule has 0 fully saturated rings. The second kappa shape index (κ2) is 5.49. The van der Waals surface area contributed by atoms with Crippen molar-refractivity contribution >= 4 is 5.57 Å². The van der Waals surface area contributed by atoms with Gasteiger partial charge in [0.2, 0.25) is 0 Å². The lowest BCUT2D eigenvalue weighted by atomic mass is 9.85. The van der Waals surface area contributed by atoms with Gasteiger partial charge in [-0.1, -0.05) is 43.7 Å². The lowest BCUT2D eigenvalue weighted by molar-refractivity contribution is 0.282. The summed E-state index contributed by atoms with van der Waals surface area (Å²) in [6, 6.07) is 7.41. The lowest BCUT2D eigenvalue weighted by Gasteiger charge is -2.21. The topological polar surface area (TPSA) is 20.2 Å². The summed E-state index contributed by atoms with van der Waals surface area (Å²) >= 11 is 0. The van der Waals surface area contributed by atoms with Crippen molar-refractivity contribution in [3.63, 3.8) is 0 Å². The van der Waals surface area contributed by atoms with Crippen LogP contribution in [0.1, 0.15) is 31.4 Å². The van der Waals surface area contributed by atoms with Crippen molar-refractivity contribution < 1.29 is 9.50 Å². The van der Waals surface area contributed by atoms with Crippen LogP contribution in [0.2, 0.25) is 0 Å². The average molecular weight is 245 g/mol. The smallest absolute Gasteiger partial charge is 0.127 e. The highest BCUT2D eigenvalue weighted by atomic mass is 19.1. The molecule has 0 aliphatic heterocycles. The molecule has 1 N–H and O–H groups in total. The highest BCUT2D eigenvalue weighted by molar-refractivity contribution is 5.82. The summed E-state index contributed by atoms with van der Waals surface area (Å²) in [4.78, 5) is 0. The van der Waals surface area contributed by atoms with Crippen LogP contribution in [-0.2, 0) is 6.61 Å². The number of halogens is 1. The van der Waals surface area contributed by atoms with E-state index in [2.05, 4.69) is 20.3 Å². The molecular formula is C16H18FO. The maximum atomic E-state index is 14.1. The highest BCUT2D eigenvalue weighted by Gasteiger charge is 2.19. The van der Waals surface area contributed by atoms with Gasteiger partial charge in [0, 0.05) is 5.57 Å². The van der Waals surface area contributed by atoms with Crippen molar-refractivity contribution in [2.45, 2.75) is 26.9 Å². The van der Waals surface area contributed by atoms with Crippen molar-refractivity contribution in [1.82, 2.24) is 0 Å². The van der Waals surface area contributed by atoms with Crippen molar-refractivity contribution in [3.8, 4) is 0 Å². The van der Waals surface area contributed by atoms with E-state index in [-0.39, 0.29) is 12.4 Å². The first kappa shape index (κ1) is 13.0. The van der Waals surface area contributed by atoms with Crippen molar-refractivity contribution in [2.24, 2.45) is 5.92 Å². The van der Waals surface area contributed by atoms with Crippen LogP contribution in [0.5, 0.6) is 0 Å². The molecule has 0 atom stereocenters. The molecule has 1 nitrogen and oxygen atoms in total. The number of rotatable bonds is 3. The van der Waals surface area contributed by atoms with Gasteiger partial charge in [-0.25, -0.2) is 4.39 Å². The van der Waals surface area contributed by atoms with E-state index in [4.69, 9.17) is 5.11 Å². The van der Waals surface area contributed by atoms with Gasteiger partial charge in [0.05, 0.1) is 6.61 Å². The molecular weight excluding hydrogens is 227 g/mol. The van der Waals surface area contributed by atoms with E-state index in [1.807, 2.05) is 24.3 Å². The Hall–Kier alpha value is -1.41. The summed E-state index contributed by atoms with van der Waals surface area (Å²) in [6.07, 6.45) is 4.36. The van der Waals surface area contributed by atoms with Crippen LogP contribution in [0, 0.1) is 12.3 Å². The van der Waals surface area contributed by atoms with E-state index in [0.717, 1.165) is 16.7 Å². The predicted molar refractivity (Wildman–Crippen MR) is 72.2 cm³/mol. The minimum atomic E-state index is -0.141. The Morgan fingerprint density at radius 3 is 2.44 bits per heavy atom. The third-order valence-corrected chi connectivity index (χ3v) is 3.21. The van der Waals surface area contributed by atoms with Gasteiger partial charge < -0.3 is 5.11 Å². The molecule has 18 heavy (non-hydrogen) atoms. The SMILES string of the molecule is CC(C)C1=C(c2ccc(CO)cc2)C(F)=CC[CH]1. The lowest BCUT2D eigenvalue weighted by Crippen LogP contribution is -2.05. The van der Waals surface area contributed by atoms with Crippen LogP contribution < -0.4 is 0 Å². The van der Waals surface area contributed by atoms with Gasteiger partial charge in [0.1, 0.15) is 5.83 Å². The maximum absolute atomic E-state index is 14.1. The van der Waals surface area contributed by atoms with Crippen molar-refractivity contribution in [2.75, 3.05) is 0 Å². The standard InChI is InChI=1S/C16H18FO/c1-11(2)14-4-3-5-15(17)16(14)13-8-6-12(10-18)7-9-13/h4-9,11,18H,3,10H2,1-2H3. The van der Waals surface area contributed by atoms with E-state index in [9.17, 15) is 4.39 Å². The Morgan fingerprint density at radius 2 is 1.89 bits per heavy atom. The first-order valence-corrected chi connectivity index (χ1v) is 6.27. The van der Waals surface area contributed by atoms with E-state index in [1.165, 1.54) is 0 Å². The van der Waals surface area contributed by atoms with Gasteiger partial charge in [-0.2, -0.15) is 0 Å². The summed E-state index contributed by atoms with van der Waals surface area (Å²) < 4.78 is 14.1. The molecule has 2 rings (SSSR count). The molecule has 0 saturated carbocycles. The zero-order chi connectivity index (χ0) is 13.1. The molecule has 1 radical (unpaired) electrons. The third-order valence-electron chi connectivity index (χ3n) is 3.21. The molecule has 1 aliphatic carbocycles. The highest BCUT2D eigenvalue weighted by Crippen LogP contribution is 2.36. The number of hydrogen-bond acceptors (Lipinski definition) is 1. The molecule has 0 unspecified atom stereocenters. The van der Waals surface area contributed by atoms with Crippen LogP contribution in [0.25, 0.3) is 5.57 Å². The van der Waals surface area contributed by atoms with Crippen LogP contribution >= 0.6 is 0 Å². The van der Waals surface area contributed by atoms with Gasteiger partial charge in [-0.05, 0) is 36.0 Å². The molecule has 95 valence electrons. The number of hydrogen-bond donors (Lipinski definition) is 1. The Kier molecular flexibility index (Phi) is 3.97. The molecule has 0 spiro atoms. The summed E-state index contributed by atoms with van der Waals surface area (Å²) in [5.41, 5.74) is 3.47. The number of aliphatic hydroxyl groups excluding tert-OH is 1. The molecule has 0 saturated heterocycles. The Labute approximate surface area is 108 Å². The van der Waals surface area contributed by atoms with Gasteiger partial charge in [-0.3, -0.25) is 0 Å². The van der Waals surface area contributed by atoms with Crippen LogP contribution in [0.3, 0.4) is 0 Å². The third kappa shape index (κ3) is 2.54. The Bertz CT molecular complexity index is 480. The van der Waals surface area contributed by atoms with Crippen molar-refractivity contribution in [1.29, 1.82) is 0 Å². The second-order valence-electron chi connectivity index (χ2n) is 4.83. The molecule has 1 aromatic carbocycles. The van der Waals surface area contributed by atoms with Crippen molar-refractivity contribution in [3.05, 3.63) is 59.3 Å². The zero-order valence-corrected chi connectivity index (χ0v) is 10.8. The quantitative estimate of drug-likeness (QED) is 0.851. The van der Waals surface area contributed by atoms with Crippen LogP contribution in [-0.4, -0.2) is 5.11 Å². The predicted octanol–water partition coefficient (Wildman–Crippen LogP) is 4.05. The summed E-state index contributed by atoms with van der Waals surface area (Å²) in [6.45, 7) is 4.17. The zero-order valence-electron chi connectivity index (χ0n) is 10.8. The molecule has 0 bridgehead atoms. The first-order valence-electron chi connectivity index (χ1n) is 6.27. The summed E-state index contributed by atoms with van der Waals surface area (Å²) in [5, 5.41) is 9.03. The van der Waals surface area contributed by atoms with Gasteiger partial charge in [0.25, 0.3) is 0 Å². The van der Waals surface area contributed by atoms with Crippen LogP contribution in [0.15, 0.2) is 41.7 Å². The number of benzene rings is 1. The normalized spacial score (nSPS) is 16.2. The van der Waals surface area contributed by atoms with Gasteiger partial charge >= 0.3 is 0 Å². The first-order chi connectivity index (χ1) is 8.63. The fourth-order valence-corrected chi connectivity index (χ4v) is 2.24. The van der Waals surface area contributed by atoms with E-state index < -0.39 is 0 Å². The number of aliphatic hydroxyl groups is 1. The molecule has 0 amide bonds. The Morgan fingerprint density at radius 1 is 1.22 bits per heavy atom.